The van der Waals surface area contributed by atoms with Crippen molar-refractivity contribution in [2.75, 3.05) is 26.3 Å². The van der Waals surface area contributed by atoms with Gasteiger partial charge in [0.2, 0.25) is 0 Å². The molecule has 6 nitrogen and oxygen atoms in total. The van der Waals surface area contributed by atoms with Crippen LogP contribution in [0.4, 0.5) is 0 Å². The zero-order chi connectivity index (χ0) is 23.2. The Morgan fingerprint density at radius 3 is 2.62 bits per heavy atom. The summed E-state index contributed by atoms with van der Waals surface area (Å²) in [5.74, 6) is 1.18. The maximum Gasteiger partial charge on any atom is 0.137 e. The van der Waals surface area contributed by atoms with Gasteiger partial charge in [-0.05, 0) is 73.5 Å². The lowest BCUT2D eigenvalue weighted by Gasteiger charge is -2.23. The Hall–Kier alpha value is -3.27. The van der Waals surface area contributed by atoms with Crippen molar-refractivity contribution in [3.8, 4) is 22.9 Å². The van der Waals surface area contributed by atoms with Crippen LogP contribution in [0.15, 0.2) is 54.7 Å². The lowest BCUT2D eigenvalue weighted by atomic mass is 9.94. The van der Waals surface area contributed by atoms with Gasteiger partial charge in [0.05, 0.1) is 18.8 Å². The maximum absolute atomic E-state index is 9.72. The molecule has 0 atom stereocenters. The summed E-state index contributed by atoms with van der Waals surface area (Å²) in [6, 6.07) is 18.6. The largest absolute Gasteiger partial charge is 0.489 e. The number of aromatic nitrogens is 2. The van der Waals surface area contributed by atoms with Crippen LogP contribution < -0.4 is 10.1 Å². The highest BCUT2D eigenvalue weighted by molar-refractivity contribution is 5.67. The number of nitrogens with zero attached hydrogens (tertiary/aromatic N) is 3. The quantitative estimate of drug-likeness (QED) is 0.585. The van der Waals surface area contributed by atoms with Crippen molar-refractivity contribution in [1.82, 2.24) is 15.3 Å². The molecule has 34 heavy (non-hydrogen) atoms. The van der Waals surface area contributed by atoms with E-state index in [1.807, 2.05) is 30.5 Å². The molecule has 0 unspecified atom stereocenters. The third-order valence-corrected chi connectivity index (χ3v) is 6.66. The minimum absolute atomic E-state index is 0.104. The first-order valence-electron chi connectivity index (χ1n) is 12.2. The van der Waals surface area contributed by atoms with Gasteiger partial charge in [0, 0.05) is 48.5 Å². The summed E-state index contributed by atoms with van der Waals surface area (Å²) in [6.45, 7) is 3.54. The fraction of sp³-hybridized carbons (Fsp3) is 0.393. The molecule has 0 saturated carbocycles. The molecular formula is C28H30N4O2. The Morgan fingerprint density at radius 1 is 0.971 bits per heavy atom. The van der Waals surface area contributed by atoms with E-state index >= 15 is 0 Å². The van der Waals surface area contributed by atoms with Gasteiger partial charge in [-0.15, -0.1) is 0 Å². The minimum atomic E-state index is 0.104. The number of hydrogen-bond acceptors (Lipinski definition) is 6. The first-order valence-corrected chi connectivity index (χ1v) is 12.2. The van der Waals surface area contributed by atoms with Crippen LogP contribution in [0.3, 0.4) is 0 Å². The monoisotopic (exact) mass is 454 g/mol. The van der Waals surface area contributed by atoms with Crippen molar-refractivity contribution in [3.63, 3.8) is 0 Å². The van der Waals surface area contributed by atoms with E-state index in [-0.39, 0.29) is 6.10 Å². The molecule has 0 spiro atoms. The molecule has 174 valence electrons. The Morgan fingerprint density at radius 2 is 1.79 bits per heavy atom. The zero-order valence-electron chi connectivity index (χ0n) is 19.4. The molecule has 2 aromatic heterocycles. The van der Waals surface area contributed by atoms with Gasteiger partial charge in [-0.1, -0.05) is 12.1 Å². The fourth-order valence-corrected chi connectivity index (χ4v) is 4.75. The van der Waals surface area contributed by atoms with Gasteiger partial charge < -0.3 is 14.8 Å². The molecule has 5 rings (SSSR count). The van der Waals surface area contributed by atoms with E-state index in [2.05, 4.69) is 40.6 Å². The molecule has 0 radical (unpaired) electrons. The third kappa shape index (κ3) is 5.44. The van der Waals surface area contributed by atoms with Crippen molar-refractivity contribution in [2.45, 2.75) is 44.1 Å². The van der Waals surface area contributed by atoms with Crippen molar-refractivity contribution in [3.05, 3.63) is 77.4 Å². The second-order valence-electron chi connectivity index (χ2n) is 9.04. The number of hydrogen-bond donors (Lipinski definition) is 1. The van der Waals surface area contributed by atoms with Gasteiger partial charge in [-0.25, -0.2) is 0 Å². The van der Waals surface area contributed by atoms with Crippen LogP contribution in [-0.4, -0.2) is 42.4 Å². The van der Waals surface area contributed by atoms with Crippen molar-refractivity contribution in [2.24, 2.45) is 0 Å². The van der Waals surface area contributed by atoms with Gasteiger partial charge in [0.25, 0.3) is 0 Å². The number of ether oxygens (including phenoxy) is 2. The highest BCUT2D eigenvalue weighted by Gasteiger charge is 2.18. The predicted molar refractivity (Wildman–Crippen MR) is 131 cm³/mol. The van der Waals surface area contributed by atoms with Crippen LogP contribution in [0.5, 0.6) is 5.75 Å². The van der Waals surface area contributed by atoms with Gasteiger partial charge in [-0.3, -0.25) is 9.97 Å². The smallest absolute Gasteiger partial charge is 0.137 e. The molecule has 4 heterocycles. The number of nitrogens with one attached hydrogen (secondary N) is 1. The Balaban J connectivity index is 1.32. The minimum Gasteiger partial charge on any atom is -0.489 e. The lowest BCUT2D eigenvalue weighted by molar-refractivity contribution is 0.0254. The number of benzene rings is 1. The number of piperidine rings is 1. The SMILES string of the molecule is N#Cc1cc(-c2ccnc(Cc3cccc(C4CCNCC4)n3)c2)ccc1OC1CCOCC1. The van der Waals surface area contributed by atoms with Crippen LogP contribution in [0, 0.1) is 11.3 Å². The second-order valence-corrected chi connectivity index (χ2v) is 9.04. The highest BCUT2D eigenvalue weighted by Crippen LogP contribution is 2.29. The van der Waals surface area contributed by atoms with E-state index in [4.69, 9.17) is 14.5 Å². The van der Waals surface area contributed by atoms with Gasteiger partial charge in [0.1, 0.15) is 17.9 Å². The second kappa shape index (κ2) is 10.8. The van der Waals surface area contributed by atoms with Gasteiger partial charge in [0.15, 0.2) is 0 Å². The Bertz CT molecular complexity index is 1160. The van der Waals surface area contributed by atoms with Crippen LogP contribution in [0.25, 0.3) is 11.1 Å². The van der Waals surface area contributed by atoms with E-state index in [0.29, 0.717) is 36.9 Å². The summed E-state index contributed by atoms with van der Waals surface area (Å²) < 4.78 is 11.5. The molecule has 0 bridgehead atoms. The standard InChI is InChI=1S/C28H30N4O2/c29-19-23-16-21(4-5-28(23)34-26-9-14-33-15-10-26)22-8-13-31-25(17-22)18-24-2-1-3-27(32-24)20-6-11-30-12-7-20/h1-5,8,13,16-17,20,26,30H,6-7,9-12,14-15,18H2. The van der Waals surface area contributed by atoms with Crippen molar-refractivity contribution < 1.29 is 9.47 Å². The Labute approximate surface area is 201 Å². The average Bonchev–Trinajstić information content (AvgIpc) is 2.90. The van der Waals surface area contributed by atoms with Gasteiger partial charge >= 0.3 is 0 Å². The lowest BCUT2D eigenvalue weighted by Crippen LogP contribution is -2.27. The van der Waals surface area contributed by atoms with E-state index in [1.165, 1.54) is 5.69 Å². The van der Waals surface area contributed by atoms with Crippen LogP contribution in [0.1, 0.15) is 54.2 Å². The summed E-state index contributed by atoms with van der Waals surface area (Å²) in [6.07, 6.45) is 6.61. The summed E-state index contributed by atoms with van der Waals surface area (Å²) in [4.78, 5) is 9.54. The van der Waals surface area contributed by atoms with E-state index in [0.717, 1.165) is 61.3 Å². The number of nitriles is 1. The molecule has 1 N–H and O–H groups in total. The van der Waals surface area contributed by atoms with Crippen LogP contribution in [-0.2, 0) is 11.2 Å². The zero-order valence-corrected chi connectivity index (χ0v) is 19.4. The first kappa shape index (κ1) is 22.5. The fourth-order valence-electron chi connectivity index (χ4n) is 4.75. The average molecular weight is 455 g/mol. The van der Waals surface area contributed by atoms with Crippen molar-refractivity contribution >= 4 is 0 Å². The number of pyridine rings is 2. The molecule has 2 aliphatic rings. The molecule has 0 aliphatic carbocycles. The van der Waals surface area contributed by atoms with E-state index < -0.39 is 0 Å². The first-order chi connectivity index (χ1) is 16.8. The number of rotatable bonds is 6. The Kier molecular flexibility index (Phi) is 7.13. The molecule has 1 aromatic carbocycles. The summed E-state index contributed by atoms with van der Waals surface area (Å²) in [7, 11) is 0. The molecule has 3 aromatic rings. The summed E-state index contributed by atoms with van der Waals surface area (Å²) in [5, 5.41) is 13.1. The maximum atomic E-state index is 9.72. The van der Waals surface area contributed by atoms with E-state index in [9.17, 15) is 5.26 Å². The highest BCUT2D eigenvalue weighted by atomic mass is 16.5. The molecule has 2 aliphatic heterocycles. The van der Waals surface area contributed by atoms with E-state index in [1.54, 1.807) is 0 Å². The molecule has 2 fully saturated rings. The molecule has 0 amide bonds. The van der Waals surface area contributed by atoms with Gasteiger partial charge in [-0.2, -0.15) is 5.26 Å². The summed E-state index contributed by atoms with van der Waals surface area (Å²) >= 11 is 0. The summed E-state index contributed by atoms with van der Waals surface area (Å²) in [5.41, 5.74) is 5.77. The predicted octanol–water partition coefficient (Wildman–Crippen LogP) is 4.63. The topological polar surface area (TPSA) is 80.1 Å². The third-order valence-electron chi connectivity index (χ3n) is 6.66. The van der Waals surface area contributed by atoms with Crippen LogP contribution >= 0.6 is 0 Å². The molecule has 6 heteroatoms. The molecule has 2 saturated heterocycles. The van der Waals surface area contributed by atoms with Crippen molar-refractivity contribution in [1.29, 1.82) is 5.26 Å². The molecular weight excluding hydrogens is 424 g/mol. The van der Waals surface area contributed by atoms with Crippen LogP contribution in [0.2, 0.25) is 0 Å². The normalized spacial score (nSPS) is 17.3.